The van der Waals surface area contributed by atoms with Crippen molar-refractivity contribution in [2.24, 2.45) is 5.92 Å². The van der Waals surface area contributed by atoms with E-state index in [1.807, 2.05) is 0 Å². The van der Waals surface area contributed by atoms with Gasteiger partial charge in [0, 0.05) is 6.92 Å². The molecule has 76 valence electrons. The number of ether oxygens (including phenoxy) is 1. The SMILES string of the molecule is C1CN2CCC1CC2.COC(C)=O. The zero-order chi connectivity index (χ0) is 9.68. The molecule has 0 spiro atoms. The van der Waals surface area contributed by atoms with E-state index >= 15 is 0 Å². The van der Waals surface area contributed by atoms with Crippen LogP contribution in [0.5, 0.6) is 0 Å². The van der Waals surface area contributed by atoms with Crippen LogP contribution in [0.1, 0.15) is 26.2 Å². The van der Waals surface area contributed by atoms with Gasteiger partial charge in [-0.15, -0.1) is 0 Å². The second kappa shape index (κ2) is 5.22. The summed E-state index contributed by atoms with van der Waals surface area (Å²) in [4.78, 5) is 12.2. The molecule has 3 fully saturated rings. The number of hydrogen-bond donors (Lipinski definition) is 0. The lowest BCUT2D eigenvalue weighted by Crippen LogP contribution is -2.41. The Bertz CT molecular complexity index is 139. The highest BCUT2D eigenvalue weighted by Crippen LogP contribution is 2.26. The maximum absolute atomic E-state index is 9.59. The molecule has 0 radical (unpaired) electrons. The molecule has 0 atom stereocenters. The first-order valence-corrected chi connectivity index (χ1v) is 4.99. The molecule has 0 aromatic carbocycles. The summed E-state index contributed by atoms with van der Waals surface area (Å²) in [6.07, 6.45) is 4.46. The van der Waals surface area contributed by atoms with Crippen molar-refractivity contribution in [1.29, 1.82) is 0 Å². The molecule has 0 N–H and O–H groups in total. The van der Waals surface area contributed by atoms with Crippen molar-refractivity contribution in [2.45, 2.75) is 26.2 Å². The van der Waals surface area contributed by atoms with E-state index in [1.165, 1.54) is 52.9 Å². The molecular weight excluding hydrogens is 166 g/mol. The number of carbonyl (C=O) groups is 1. The second-order valence-corrected chi connectivity index (χ2v) is 3.77. The minimum absolute atomic E-state index is 0.245. The van der Waals surface area contributed by atoms with Crippen LogP contribution < -0.4 is 0 Å². The molecule has 0 aromatic heterocycles. The summed E-state index contributed by atoms with van der Waals surface area (Å²) in [5.74, 6) is 0.866. The van der Waals surface area contributed by atoms with Gasteiger partial charge >= 0.3 is 5.97 Å². The molecule has 3 nitrogen and oxygen atoms in total. The second-order valence-electron chi connectivity index (χ2n) is 3.77. The third-order valence-electron chi connectivity index (χ3n) is 2.85. The van der Waals surface area contributed by atoms with Crippen molar-refractivity contribution in [3.05, 3.63) is 0 Å². The van der Waals surface area contributed by atoms with E-state index in [9.17, 15) is 4.79 Å². The molecular formula is C10H19NO2. The van der Waals surface area contributed by atoms with Gasteiger partial charge in [0.25, 0.3) is 0 Å². The lowest BCUT2D eigenvalue weighted by atomic mass is 9.89. The van der Waals surface area contributed by atoms with Crippen LogP contribution in [0.4, 0.5) is 0 Å². The lowest BCUT2D eigenvalue weighted by Gasteiger charge is -2.38. The fourth-order valence-corrected chi connectivity index (χ4v) is 1.86. The highest BCUT2D eigenvalue weighted by atomic mass is 16.5. The van der Waals surface area contributed by atoms with Crippen LogP contribution in [0.15, 0.2) is 0 Å². The number of methoxy groups -OCH3 is 1. The zero-order valence-corrected chi connectivity index (χ0v) is 8.58. The zero-order valence-electron chi connectivity index (χ0n) is 8.58. The minimum atomic E-state index is -0.245. The Labute approximate surface area is 80.1 Å². The van der Waals surface area contributed by atoms with Gasteiger partial charge < -0.3 is 9.64 Å². The summed E-state index contributed by atoms with van der Waals surface area (Å²) in [5, 5.41) is 0. The van der Waals surface area contributed by atoms with Gasteiger partial charge in [-0.2, -0.15) is 0 Å². The summed E-state index contributed by atoms with van der Waals surface area (Å²) in [7, 11) is 1.35. The lowest BCUT2D eigenvalue weighted by molar-refractivity contribution is -0.137. The molecule has 3 aliphatic heterocycles. The summed E-state index contributed by atoms with van der Waals surface area (Å²) >= 11 is 0. The number of hydrogen-bond acceptors (Lipinski definition) is 3. The molecule has 3 rings (SSSR count). The van der Waals surface area contributed by atoms with E-state index in [-0.39, 0.29) is 5.97 Å². The van der Waals surface area contributed by atoms with Crippen molar-refractivity contribution < 1.29 is 9.53 Å². The molecule has 13 heavy (non-hydrogen) atoms. The Hall–Kier alpha value is -0.570. The summed E-state index contributed by atoms with van der Waals surface area (Å²) in [6, 6.07) is 0. The van der Waals surface area contributed by atoms with E-state index in [4.69, 9.17) is 0 Å². The Morgan fingerprint density at radius 2 is 1.62 bits per heavy atom. The van der Waals surface area contributed by atoms with Gasteiger partial charge in [0.2, 0.25) is 0 Å². The topological polar surface area (TPSA) is 29.5 Å². The number of fused-ring (bicyclic) bond motifs is 3. The Morgan fingerprint density at radius 3 is 1.69 bits per heavy atom. The van der Waals surface area contributed by atoms with Crippen LogP contribution in [0.25, 0.3) is 0 Å². The minimum Gasteiger partial charge on any atom is -0.469 e. The van der Waals surface area contributed by atoms with E-state index in [2.05, 4.69) is 9.64 Å². The Balaban J connectivity index is 0.000000149. The normalized spacial score (nSPS) is 30.3. The predicted octanol–water partition coefficient (Wildman–Crippen LogP) is 1.28. The molecule has 3 heteroatoms. The quantitative estimate of drug-likeness (QED) is 0.532. The van der Waals surface area contributed by atoms with E-state index in [1.54, 1.807) is 0 Å². The first-order chi connectivity index (χ1) is 6.22. The summed E-state index contributed by atoms with van der Waals surface area (Å²) < 4.78 is 4.11. The van der Waals surface area contributed by atoms with Crippen molar-refractivity contribution in [3.8, 4) is 0 Å². The van der Waals surface area contributed by atoms with Crippen LogP contribution in [0.3, 0.4) is 0 Å². The Morgan fingerprint density at radius 1 is 1.23 bits per heavy atom. The van der Waals surface area contributed by atoms with Crippen LogP contribution in [0.2, 0.25) is 0 Å². The molecule has 3 aliphatic rings. The third kappa shape index (κ3) is 3.77. The van der Waals surface area contributed by atoms with Crippen LogP contribution in [-0.2, 0) is 9.53 Å². The molecule has 3 heterocycles. The van der Waals surface area contributed by atoms with Crippen LogP contribution >= 0.6 is 0 Å². The van der Waals surface area contributed by atoms with E-state index < -0.39 is 0 Å². The van der Waals surface area contributed by atoms with Gasteiger partial charge in [-0.25, -0.2) is 0 Å². The summed E-state index contributed by atoms with van der Waals surface area (Å²) in [5.41, 5.74) is 0. The number of carbonyl (C=O) groups excluding carboxylic acids is 1. The average molecular weight is 185 g/mol. The molecule has 3 saturated heterocycles. The van der Waals surface area contributed by atoms with Crippen molar-refractivity contribution in [1.82, 2.24) is 4.90 Å². The number of esters is 1. The van der Waals surface area contributed by atoms with Crippen LogP contribution in [-0.4, -0.2) is 37.6 Å². The van der Waals surface area contributed by atoms with Crippen molar-refractivity contribution in [2.75, 3.05) is 26.7 Å². The maximum atomic E-state index is 9.59. The molecule has 0 aliphatic carbocycles. The molecule has 2 bridgehead atoms. The first-order valence-electron chi connectivity index (χ1n) is 4.99. The number of piperidine rings is 3. The van der Waals surface area contributed by atoms with E-state index in [0.717, 1.165) is 5.92 Å². The standard InChI is InChI=1S/C7H13N.C3H6O2/c1-4-8-5-2-7(1)3-6-8;1-3(4)5-2/h7H,1-6H2;1-2H3. The van der Waals surface area contributed by atoms with Crippen molar-refractivity contribution >= 4 is 5.97 Å². The third-order valence-corrected chi connectivity index (χ3v) is 2.85. The predicted molar refractivity (Wildman–Crippen MR) is 51.5 cm³/mol. The molecule has 0 aromatic rings. The van der Waals surface area contributed by atoms with E-state index in [0.29, 0.717) is 0 Å². The summed E-state index contributed by atoms with van der Waals surface area (Å²) in [6.45, 7) is 5.54. The molecule has 0 amide bonds. The van der Waals surface area contributed by atoms with Crippen LogP contribution in [0, 0.1) is 5.92 Å². The first kappa shape index (κ1) is 10.5. The fourth-order valence-electron chi connectivity index (χ4n) is 1.86. The van der Waals surface area contributed by atoms with Gasteiger partial charge in [-0.1, -0.05) is 0 Å². The van der Waals surface area contributed by atoms with Gasteiger partial charge in [0.05, 0.1) is 7.11 Å². The highest BCUT2D eigenvalue weighted by molar-refractivity contribution is 5.65. The molecule has 0 saturated carbocycles. The maximum Gasteiger partial charge on any atom is 0.302 e. The largest absolute Gasteiger partial charge is 0.469 e. The van der Waals surface area contributed by atoms with Gasteiger partial charge in [-0.05, 0) is 44.8 Å². The van der Waals surface area contributed by atoms with Gasteiger partial charge in [-0.3, -0.25) is 4.79 Å². The monoisotopic (exact) mass is 185 g/mol. The van der Waals surface area contributed by atoms with Gasteiger partial charge in [0.1, 0.15) is 0 Å². The fraction of sp³-hybridized carbons (Fsp3) is 0.900. The smallest absolute Gasteiger partial charge is 0.302 e. The average Bonchev–Trinajstić information content (AvgIpc) is 2.21. The Kier molecular flexibility index (Phi) is 4.22. The van der Waals surface area contributed by atoms with Crippen molar-refractivity contribution in [3.63, 3.8) is 0 Å². The van der Waals surface area contributed by atoms with Gasteiger partial charge in [0.15, 0.2) is 0 Å². The highest BCUT2D eigenvalue weighted by Gasteiger charge is 2.24. The number of nitrogens with zero attached hydrogens (tertiary/aromatic N) is 1. The number of rotatable bonds is 0. The molecule has 0 unspecified atom stereocenters.